The van der Waals surface area contributed by atoms with Crippen molar-refractivity contribution in [3.63, 3.8) is 0 Å². The number of aryl methyl sites for hydroxylation is 1. The number of rotatable bonds is 4. The van der Waals surface area contributed by atoms with Crippen LogP contribution in [-0.2, 0) is 0 Å². The number of hydrogen-bond acceptors (Lipinski definition) is 4. The van der Waals surface area contributed by atoms with Crippen LogP contribution in [0.25, 0.3) is 0 Å². The van der Waals surface area contributed by atoms with Gasteiger partial charge in [0.25, 0.3) is 5.91 Å². The van der Waals surface area contributed by atoms with Crippen LogP contribution in [0.1, 0.15) is 48.3 Å². The number of halogens is 2. The van der Waals surface area contributed by atoms with E-state index in [0.717, 1.165) is 18.5 Å². The van der Waals surface area contributed by atoms with E-state index in [-0.39, 0.29) is 5.91 Å². The number of nitrogens with zero attached hydrogens (tertiary/aromatic N) is 2. The number of nitrogens with one attached hydrogen (secondary N) is 2. The van der Waals surface area contributed by atoms with Crippen molar-refractivity contribution >= 4 is 40.7 Å². The number of amides is 1. The third kappa shape index (κ3) is 4.61. The zero-order valence-electron chi connectivity index (χ0n) is 14.0. The van der Waals surface area contributed by atoms with Gasteiger partial charge in [-0.2, -0.15) is 0 Å². The second-order valence-corrected chi connectivity index (χ2v) is 7.04. The van der Waals surface area contributed by atoms with E-state index in [4.69, 9.17) is 23.2 Å². The van der Waals surface area contributed by atoms with Crippen LogP contribution in [-0.4, -0.2) is 21.9 Å². The zero-order valence-corrected chi connectivity index (χ0v) is 15.5. The number of benzene rings is 1. The summed E-state index contributed by atoms with van der Waals surface area (Å²) >= 11 is 12.1. The Morgan fingerprint density at radius 2 is 1.92 bits per heavy atom. The molecule has 0 spiro atoms. The summed E-state index contributed by atoms with van der Waals surface area (Å²) in [5.41, 5.74) is 1.48. The Morgan fingerprint density at radius 1 is 1.16 bits per heavy atom. The molecule has 0 bridgehead atoms. The quantitative estimate of drug-likeness (QED) is 0.777. The summed E-state index contributed by atoms with van der Waals surface area (Å²) in [6.45, 7) is 1.84. The van der Waals surface area contributed by atoms with Crippen molar-refractivity contribution in [3.05, 3.63) is 45.7 Å². The van der Waals surface area contributed by atoms with Gasteiger partial charge in [-0.3, -0.25) is 4.79 Å². The van der Waals surface area contributed by atoms with Crippen LogP contribution in [0.5, 0.6) is 0 Å². The van der Waals surface area contributed by atoms with Gasteiger partial charge in [0.15, 0.2) is 0 Å². The lowest BCUT2D eigenvalue weighted by Gasteiger charge is -2.23. The molecule has 0 radical (unpaired) electrons. The van der Waals surface area contributed by atoms with Crippen LogP contribution in [0.15, 0.2) is 24.3 Å². The highest BCUT2D eigenvalue weighted by Gasteiger charge is 2.17. The van der Waals surface area contributed by atoms with Gasteiger partial charge in [-0.15, -0.1) is 0 Å². The van der Waals surface area contributed by atoms with E-state index in [2.05, 4.69) is 20.6 Å². The standard InChI is InChI=1S/C18H20Cl2N4O/c1-11-10-15(17(25)23-14-9-5-8-13(19)16(14)20)24-18(21-11)22-12-6-3-2-4-7-12/h5,8-10,12H,2-4,6-7H2,1H3,(H,23,25)(H,21,22,24). The van der Waals surface area contributed by atoms with Gasteiger partial charge < -0.3 is 10.6 Å². The first-order valence-electron chi connectivity index (χ1n) is 8.40. The number of aromatic nitrogens is 2. The Hall–Kier alpha value is -1.85. The van der Waals surface area contributed by atoms with Crippen LogP contribution in [0.2, 0.25) is 10.0 Å². The van der Waals surface area contributed by atoms with Gasteiger partial charge >= 0.3 is 0 Å². The zero-order chi connectivity index (χ0) is 17.8. The Morgan fingerprint density at radius 3 is 2.68 bits per heavy atom. The van der Waals surface area contributed by atoms with Crippen LogP contribution < -0.4 is 10.6 Å². The predicted molar refractivity (Wildman–Crippen MR) is 102 cm³/mol. The van der Waals surface area contributed by atoms with Crippen molar-refractivity contribution in [1.82, 2.24) is 9.97 Å². The molecule has 3 rings (SSSR count). The summed E-state index contributed by atoms with van der Waals surface area (Å²) in [6, 6.07) is 7.11. The summed E-state index contributed by atoms with van der Waals surface area (Å²) in [5, 5.41) is 6.80. The van der Waals surface area contributed by atoms with E-state index in [0.29, 0.717) is 33.4 Å². The maximum Gasteiger partial charge on any atom is 0.274 e. The van der Waals surface area contributed by atoms with E-state index >= 15 is 0 Å². The van der Waals surface area contributed by atoms with Crippen molar-refractivity contribution in [2.45, 2.75) is 45.1 Å². The molecular weight excluding hydrogens is 359 g/mol. The molecule has 25 heavy (non-hydrogen) atoms. The fourth-order valence-electron chi connectivity index (χ4n) is 2.97. The average molecular weight is 379 g/mol. The summed E-state index contributed by atoms with van der Waals surface area (Å²) in [7, 11) is 0. The second kappa shape index (κ2) is 8.02. The number of carbonyl (C=O) groups excluding carboxylic acids is 1. The van der Waals surface area contributed by atoms with Gasteiger partial charge in [0, 0.05) is 11.7 Å². The van der Waals surface area contributed by atoms with Gasteiger partial charge in [-0.1, -0.05) is 48.5 Å². The minimum atomic E-state index is -0.346. The van der Waals surface area contributed by atoms with Gasteiger partial charge in [0.05, 0.1) is 15.7 Å². The molecule has 0 saturated heterocycles. The maximum atomic E-state index is 12.5. The molecule has 1 aliphatic rings. The molecule has 1 aromatic heterocycles. The maximum absolute atomic E-state index is 12.5. The van der Waals surface area contributed by atoms with Crippen LogP contribution in [0.4, 0.5) is 11.6 Å². The molecule has 1 fully saturated rings. The average Bonchev–Trinajstić information content (AvgIpc) is 2.59. The molecule has 0 aliphatic heterocycles. The highest BCUT2D eigenvalue weighted by atomic mass is 35.5. The molecule has 132 valence electrons. The first-order valence-corrected chi connectivity index (χ1v) is 9.16. The highest BCUT2D eigenvalue weighted by Crippen LogP contribution is 2.29. The highest BCUT2D eigenvalue weighted by molar-refractivity contribution is 6.44. The molecule has 7 heteroatoms. The summed E-state index contributed by atoms with van der Waals surface area (Å²) in [6.07, 6.45) is 5.92. The third-order valence-electron chi connectivity index (χ3n) is 4.23. The molecule has 0 unspecified atom stereocenters. The molecule has 1 amide bonds. The Bertz CT molecular complexity index is 776. The molecule has 1 aliphatic carbocycles. The summed E-state index contributed by atoms with van der Waals surface area (Å²) in [5.74, 6) is 0.149. The molecular formula is C18H20Cl2N4O. The molecule has 5 nitrogen and oxygen atoms in total. The molecule has 2 aromatic rings. The molecule has 1 aromatic carbocycles. The van der Waals surface area contributed by atoms with Gasteiger partial charge in [0.2, 0.25) is 5.95 Å². The van der Waals surface area contributed by atoms with Crippen molar-refractivity contribution in [3.8, 4) is 0 Å². The fourth-order valence-corrected chi connectivity index (χ4v) is 3.31. The van der Waals surface area contributed by atoms with Crippen molar-refractivity contribution in [2.24, 2.45) is 0 Å². The molecule has 1 saturated carbocycles. The molecule has 2 N–H and O–H groups in total. The smallest absolute Gasteiger partial charge is 0.274 e. The van der Waals surface area contributed by atoms with Crippen LogP contribution in [0, 0.1) is 6.92 Å². The lowest BCUT2D eigenvalue weighted by atomic mass is 9.96. The predicted octanol–water partition coefficient (Wildman–Crippen LogP) is 5.09. The van der Waals surface area contributed by atoms with Crippen molar-refractivity contribution in [1.29, 1.82) is 0 Å². The molecule has 0 atom stereocenters. The lowest BCUT2D eigenvalue weighted by molar-refractivity contribution is 0.102. The van der Waals surface area contributed by atoms with Crippen molar-refractivity contribution in [2.75, 3.05) is 10.6 Å². The topological polar surface area (TPSA) is 66.9 Å². The minimum Gasteiger partial charge on any atom is -0.351 e. The SMILES string of the molecule is Cc1cc(C(=O)Nc2cccc(Cl)c2Cl)nc(NC2CCCCC2)n1. The Kier molecular flexibility index (Phi) is 5.76. The van der Waals surface area contributed by atoms with E-state index < -0.39 is 0 Å². The largest absolute Gasteiger partial charge is 0.351 e. The van der Waals surface area contributed by atoms with E-state index in [1.807, 2.05) is 6.92 Å². The monoisotopic (exact) mass is 378 g/mol. The third-order valence-corrected chi connectivity index (χ3v) is 5.04. The Labute approximate surface area is 157 Å². The van der Waals surface area contributed by atoms with Crippen LogP contribution in [0.3, 0.4) is 0 Å². The van der Waals surface area contributed by atoms with E-state index in [1.54, 1.807) is 24.3 Å². The minimum absolute atomic E-state index is 0.293. The lowest BCUT2D eigenvalue weighted by Crippen LogP contribution is -2.24. The number of carbonyl (C=O) groups is 1. The molecule has 1 heterocycles. The first kappa shape index (κ1) is 18.0. The van der Waals surface area contributed by atoms with E-state index in [9.17, 15) is 4.79 Å². The van der Waals surface area contributed by atoms with Gasteiger partial charge in [-0.05, 0) is 38.0 Å². The van der Waals surface area contributed by atoms with Gasteiger partial charge in [-0.25, -0.2) is 9.97 Å². The van der Waals surface area contributed by atoms with Gasteiger partial charge in [0.1, 0.15) is 5.69 Å². The number of anilines is 2. The fraction of sp³-hybridized carbons (Fsp3) is 0.389. The Balaban J connectivity index is 1.76. The second-order valence-electron chi connectivity index (χ2n) is 6.25. The van der Waals surface area contributed by atoms with E-state index in [1.165, 1.54) is 19.3 Å². The first-order chi connectivity index (χ1) is 12.0. The normalized spacial score (nSPS) is 15.0. The summed E-state index contributed by atoms with van der Waals surface area (Å²) in [4.78, 5) is 21.3. The summed E-state index contributed by atoms with van der Waals surface area (Å²) < 4.78 is 0. The van der Waals surface area contributed by atoms with Crippen LogP contribution >= 0.6 is 23.2 Å². The number of hydrogen-bond donors (Lipinski definition) is 2. The van der Waals surface area contributed by atoms with Crippen molar-refractivity contribution < 1.29 is 4.79 Å².